The molecule has 0 aromatic rings. The van der Waals surface area contributed by atoms with E-state index in [1.807, 2.05) is 0 Å². The van der Waals surface area contributed by atoms with E-state index in [0.717, 1.165) is 11.8 Å². The molecule has 1 nitrogen and oxygen atoms in total. The normalized spacial score (nSPS) is 34.2. The molecule has 0 radical (unpaired) electrons. The van der Waals surface area contributed by atoms with Gasteiger partial charge in [0, 0.05) is 0 Å². The summed E-state index contributed by atoms with van der Waals surface area (Å²) in [6.07, 6.45) is 7.52. The van der Waals surface area contributed by atoms with Gasteiger partial charge in [-0.1, -0.05) is 19.3 Å². The molecule has 2 fully saturated rings. The topological polar surface area (TPSA) is 12.0 Å². The number of hydrogen-bond acceptors (Lipinski definition) is 1. The summed E-state index contributed by atoms with van der Waals surface area (Å²) in [5.74, 6) is 2.15. The van der Waals surface area contributed by atoms with Crippen molar-refractivity contribution in [3.05, 3.63) is 0 Å². The van der Waals surface area contributed by atoms with Crippen LogP contribution in [0.4, 0.5) is 0 Å². The van der Waals surface area contributed by atoms with Crippen molar-refractivity contribution in [2.75, 3.05) is 13.1 Å². The monoisotopic (exact) mass is 139 g/mol. The molecule has 1 aliphatic carbocycles. The summed E-state index contributed by atoms with van der Waals surface area (Å²) in [5.41, 5.74) is 0. The lowest BCUT2D eigenvalue weighted by atomic mass is 9.79. The lowest BCUT2D eigenvalue weighted by Gasteiger charge is -2.27. The molecule has 0 bridgehead atoms. The zero-order valence-corrected chi connectivity index (χ0v) is 6.60. The molecule has 1 heterocycles. The zero-order valence-electron chi connectivity index (χ0n) is 6.60. The predicted octanol–water partition coefficient (Wildman–Crippen LogP) is 1.79. The summed E-state index contributed by atoms with van der Waals surface area (Å²) >= 11 is 0. The quantitative estimate of drug-likeness (QED) is 0.615. The van der Waals surface area contributed by atoms with Crippen molar-refractivity contribution < 1.29 is 0 Å². The Morgan fingerprint density at radius 2 is 2.00 bits per heavy atom. The fourth-order valence-corrected chi connectivity index (χ4v) is 2.12. The number of hydrogen-bond donors (Lipinski definition) is 1. The summed E-state index contributed by atoms with van der Waals surface area (Å²) in [7, 11) is 0. The van der Waals surface area contributed by atoms with Gasteiger partial charge in [-0.25, -0.2) is 0 Å². The van der Waals surface area contributed by atoms with E-state index in [-0.39, 0.29) is 0 Å². The highest BCUT2D eigenvalue weighted by molar-refractivity contribution is 4.78. The van der Waals surface area contributed by atoms with Gasteiger partial charge in [0.2, 0.25) is 0 Å². The molecule has 1 saturated heterocycles. The minimum Gasteiger partial charge on any atom is -0.316 e. The molecule has 0 spiro atoms. The number of rotatable bonds is 2. The van der Waals surface area contributed by atoms with Crippen molar-refractivity contribution in [3.8, 4) is 0 Å². The van der Waals surface area contributed by atoms with Crippen molar-refractivity contribution in [2.45, 2.75) is 32.1 Å². The molecule has 1 atom stereocenters. The SMILES string of the molecule is C1CC(C[C@H]2CCNC2)C1. The maximum absolute atomic E-state index is 3.43. The highest BCUT2D eigenvalue weighted by Crippen LogP contribution is 2.33. The molecular formula is C9H17N. The van der Waals surface area contributed by atoms with E-state index in [4.69, 9.17) is 0 Å². The summed E-state index contributed by atoms with van der Waals surface area (Å²) < 4.78 is 0. The Kier molecular flexibility index (Phi) is 1.94. The fourth-order valence-electron chi connectivity index (χ4n) is 2.12. The van der Waals surface area contributed by atoms with Crippen LogP contribution < -0.4 is 5.32 Å². The number of nitrogens with one attached hydrogen (secondary N) is 1. The van der Waals surface area contributed by atoms with Crippen LogP contribution in [-0.4, -0.2) is 13.1 Å². The van der Waals surface area contributed by atoms with Gasteiger partial charge in [-0.05, 0) is 37.8 Å². The fraction of sp³-hybridized carbons (Fsp3) is 1.00. The van der Waals surface area contributed by atoms with Crippen molar-refractivity contribution in [1.82, 2.24) is 5.32 Å². The Morgan fingerprint density at radius 3 is 2.50 bits per heavy atom. The second kappa shape index (κ2) is 2.91. The lowest BCUT2D eigenvalue weighted by Crippen LogP contribution is -2.17. The molecule has 1 heteroatoms. The molecule has 2 rings (SSSR count). The minimum atomic E-state index is 1.03. The Bertz CT molecular complexity index is 101. The summed E-state index contributed by atoms with van der Waals surface area (Å²) in [6.45, 7) is 2.58. The Balaban J connectivity index is 1.68. The zero-order chi connectivity index (χ0) is 6.81. The van der Waals surface area contributed by atoms with E-state index in [1.54, 1.807) is 0 Å². The van der Waals surface area contributed by atoms with Crippen molar-refractivity contribution >= 4 is 0 Å². The van der Waals surface area contributed by atoms with E-state index in [2.05, 4.69) is 5.32 Å². The van der Waals surface area contributed by atoms with E-state index >= 15 is 0 Å². The first-order valence-electron chi connectivity index (χ1n) is 4.66. The van der Waals surface area contributed by atoms with Gasteiger partial charge >= 0.3 is 0 Å². The van der Waals surface area contributed by atoms with E-state index < -0.39 is 0 Å². The van der Waals surface area contributed by atoms with Crippen LogP contribution in [0.2, 0.25) is 0 Å². The Morgan fingerprint density at radius 1 is 1.10 bits per heavy atom. The molecule has 58 valence electrons. The van der Waals surface area contributed by atoms with Gasteiger partial charge in [-0.3, -0.25) is 0 Å². The average molecular weight is 139 g/mol. The second-order valence-electron chi connectivity index (χ2n) is 3.89. The molecule has 1 saturated carbocycles. The van der Waals surface area contributed by atoms with Crippen LogP contribution in [0.15, 0.2) is 0 Å². The van der Waals surface area contributed by atoms with Crippen molar-refractivity contribution in [3.63, 3.8) is 0 Å². The molecule has 0 amide bonds. The molecule has 0 unspecified atom stereocenters. The molecule has 10 heavy (non-hydrogen) atoms. The molecule has 1 aliphatic heterocycles. The molecular weight excluding hydrogens is 122 g/mol. The van der Waals surface area contributed by atoms with Crippen LogP contribution >= 0.6 is 0 Å². The average Bonchev–Trinajstić information content (AvgIpc) is 2.29. The third-order valence-corrected chi connectivity index (χ3v) is 3.05. The largest absolute Gasteiger partial charge is 0.316 e. The summed E-state index contributed by atoms with van der Waals surface area (Å²) in [5, 5.41) is 3.43. The minimum absolute atomic E-state index is 1.03. The van der Waals surface area contributed by atoms with Crippen LogP contribution in [0.25, 0.3) is 0 Å². The highest BCUT2D eigenvalue weighted by atomic mass is 14.9. The molecule has 0 aromatic carbocycles. The third-order valence-electron chi connectivity index (χ3n) is 3.05. The second-order valence-corrected chi connectivity index (χ2v) is 3.89. The van der Waals surface area contributed by atoms with Gasteiger partial charge in [-0.2, -0.15) is 0 Å². The first kappa shape index (κ1) is 6.66. The van der Waals surface area contributed by atoms with Crippen LogP contribution in [0, 0.1) is 11.8 Å². The van der Waals surface area contributed by atoms with Gasteiger partial charge in [0.25, 0.3) is 0 Å². The van der Waals surface area contributed by atoms with Gasteiger partial charge < -0.3 is 5.32 Å². The van der Waals surface area contributed by atoms with Gasteiger partial charge in [0.05, 0.1) is 0 Å². The first-order chi connectivity index (χ1) is 4.95. The highest BCUT2D eigenvalue weighted by Gasteiger charge is 2.23. The van der Waals surface area contributed by atoms with Crippen LogP contribution in [0.1, 0.15) is 32.1 Å². The molecule has 1 N–H and O–H groups in total. The van der Waals surface area contributed by atoms with Crippen molar-refractivity contribution in [1.29, 1.82) is 0 Å². The molecule has 0 aromatic heterocycles. The lowest BCUT2D eigenvalue weighted by molar-refractivity contribution is 0.256. The van der Waals surface area contributed by atoms with Crippen LogP contribution in [0.3, 0.4) is 0 Å². The maximum atomic E-state index is 3.43. The van der Waals surface area contributed by atoms with Gasteiger partial charge in [-0.15, -0.1) is 0 Å². The Hall–Kier alpha value is -0.0400. The standard InChI is InChI=1S/C9H17N/c1-2-8(3-1)6-9-4-5-10-7-9/h8-10H,1-7H2/t9-/m1/s1. The smallest absolute Gasteiger partial charge is 0.00199 e. The van der Waals surface area contributed by atoms with E-state index in [0.29, 0.717) is 0 Å². The van der Waals surface area contributed by atoms with Crippen molar-refractivity contribution in [2.24, 2.45) is 11.8 Å². The Labute approximate surface area is 63.2 Å². The van der Waals surface area contributed by atoms with Gasteiger partial charge in [0.1, 0.15) is 0 Å². The van der Waals surface area contributed by atoms with E-state index in [9.17, 15) is 0 Å². The van der Waals surface area contributed by atoms with Crippen LogP contribution in [0.5, 0.6) is 0 Å². The predicted molar refractivity (Wildman–Crippen MR) is 42.9 cm³/mol. The van der Waals surface area contributed by atoms with Gasteiger partial charge in [0.15, 0.2) is 0 Å². The van der Waals surface area contributed by atoms with E-state index in [1.165, 1.54) is 45.2 Å². The maximum Gasteiger partial charge on any atom is -0.00199 e. The third kappa shape index (κ3) is 1.34. The summed E-state index contributed by atoms with van der Waals surface area (Å²) in [6, 6.07) is 0. The molecule has 2 aliphatic rings. The first-order valence-corrected chi connectivity index (χ1v) is 4.66. The summed E-state index contributed by atoms with van der Waals surface area (Å²) in [4.78, 5) is 0. The van der Waals surface area contributed by atoms with Crippen LogP contribution in [-0.2, 0) is 0 Å².